The molecule has 0 saturated carbocycles. The molecule has 0 saturated heterocycles. The molecule has 2 heterocycles. The highest BCUT2D eigenvalue weighted by Gasteiger charge is 2.21. The minimum absolute atomic E-state index is 0.0846. The molecule has 16 heavy (non-hydrogen) atoms. The zero-order valence-corrected chi connectivity index (χ0v) is 11.4. The predicted molar refractivity (Wildman–Crippen MR) is 70.7 cm³/mol. The third-order valence-corrected chi connectivity index (χ3v) is 3.73. The predicted octanol–water partition coefficient (Wildman–Crippen LogP) is 3.03. The first-order valence-electron chi connectivity index (χ1n) is 5.19. The number of hydrogen-bond donors (Lipinski definition) is 1. The monoisotopic (exact) mass is 299 g/mol. The molecule has 86 valence electrons. The lowest BCUT2D eigenvalue weighted by Gasteiger charge is -2.22. The summed E-state index contributed by atoms with van der Waals surface area (Å²) >= 11 is 5.10. The van der Waals surface area contributed by atoms with Gasteiger partial charge in [-0.15, -0.1) is 0 Å². The number of aromatic nitrogens is 2. The van der Waals surface area contributed by atoms with E-state index in [1.807, 2.05) is 10.9 Å². The van der Waals surface area contributed by atoms with Crippen LogP contribution in [0.4, 0.5) is 0 Å². The van der Waals surface area contributed by atoms with E-state index in [1.165, 1.54) is 5.56 Å². The average Bonchev–Trinajstić information content (AvgIpc) is 2.91. The largest absolute Gasteiger partial charge is 0.326 e. The van der Waals surface area contributed by atoms with Crippen molar-refractivity contribution in [1.29, 1.82) is 0 Å². The third kappa shape index (κ3) is 2.36. The van der Waals surface area contributed by atoms with E-state index < -0.39 is 0 Å². The van der Waals surface area contributed by atoms with Crippen LogP contribution in [0.25, 0.3) is 0 Å². The zero-order chi connectivity index (χ0) is 11.5. The maximum Gasteiger partial charge on any atom is 0.0927 e. The van der Waals surface area contributed by atoms with Gasteiger partial charge in [-0.2, -0.15) is 16.4 Å². The van der Waals surface area contributed by atoms with Crippen LogP contribution in [0.2, 0.25) is 0 Å². The fraction of sp³-hybridized carbons (Fsp3) is 0.364. The van der Waals surface area contributed by atoms with Gasteiger partial charge in [0.15, 0.2) is 0 Å². The van der Waals surface area contributed by atoms with E-state index in [0.29, 0.717) is 0 Å². The molecule has 3 nitrogen and oxygen atoms in total. The lowest BCUT2D eigenvalue weighted by Crippen LogP contribution is -2.32. The zero-order valence-electron chi connectivity index (χ0n) is 9.01. The minimum Gasteiger partial charge on any atom is -0.326 e. The lowest BCUT2D eigenvalue weighted by atomic mass is 10.0. The van der Waals surface area contributed by atoms with Crippen LogP contribution in [0.5, 0.6) is 0 Å². The molecule has 0 radical (unpaired) electrons. The Morgan fingerprint density at radius 2 is 2.44 bits per heavy atom. The van der Waals surface area contributed by atoms with Gasteiger partial charge in [-0.05, 0) is 44.7 Å². The number of halogens is 1. The van der Waals surface area contributed by atoms with Crippen LogP contribution in [0, 0.1) is 0 Å². The van der Waals surface area contributed by atoms with Crippen LogP contribution in [0.15, 0.2) is 33.7 Å². The van der Waals surface area contributed by atoms with Gasteiger partial charge in [0.25, 0.3) is 0 Å². The standard InChI is InChI=1S/C11H14BrN3S/c1-2-10(13)11(8-3-4-16-7-8)15-6-9(12)5-14-15/h3-7,10-11H,2,13H2,1H3. The maximum atomic E-state index is 6.18. The molecule has 0 bridgehead atoms. The number of nitrogens with two attached hydrogens (primary N) is 1. The Morgan fingerprint density at radius 3 is 2.94 bits per heavy atom. The summed E-state index contributed by atoms with van der Waals surface area (Å²) in [6.07, 6.45) is 4.69. The second kappa shape index (κ2) is 5.12. The van der Waals surface area contributed by atoms with Crippen molar-refractivity contribution < 1.29 is 0 Å². The van der Waals surface area contributed by atoms with Gasteiger partial charge < -0.3 is 5.73 Å². The summed E-state index contributed by atoms with van der Waals surface area (Å²) in [6.45, 7) is 2.10. The molecule has 0 amide bonds. The Hall–Kier alpha value is -0.650. The van der Waals surface area contributed by atoms with Crippen LogP contribution < -0.4 is 5.73 Å². The molecular weight excluding hydrogens is 286 g/mol. The lowest BCUT2D eigenvalue weighted by molar-refractivity contribution is 0.425. The van der Waals surface area contributed by atoms with E-state index in [9.17, 15) is 0 Å². The van der Waals surface area contributed by atoms with Gasteiger partial charge in [0.2, 0.25) is 0 Å². The molecule has 0 aliphatic carbocycles. The van der Waals surface area contributed by atoms with Crippen LogP contribution in [-0.2, 0) is 0 Å². The first-order chi connectivity index (χ1) is 7.72. The Bertz CT molecular complexity index is 438. The van der Waals surface area contributed by atoms with Crippen LogP contribution in [0.1, 0.15) is 24.9 Å². The number of rotatable bonds is 4. The van der Waals surface area contributed by atoms with Crippen molar-refractivity contribution in [3.8, 4) is 0 Å². The topological polar surface area (TPSA) is 43.8 Å². The Balaban J connectivity index is 2.35. The first-order valence-corrected chi connectivity index (χ1v) is 6.93. The molecule has 0 aliphatic rings. The fourth-order valence-electron chi connectivity index (χ4n) is 1.73. The molecule has 0 aromatic carbocycles. The Kier molecular flexibility index (Phi) is 3.78. The molecular formula is C11H14BrN3S. The van der Waals surface area contributed by atoms with Crippen molar-refractivity contribution in [3.63, 3.8) is 0 Å². The Morgan fingerprint density at radius 1 is 1.62 bits per heavy atom. The van der Waals surface area contributed by atoms with Gasteiger partial charge >= 0.3 is 0 Å². The highest BCUT2D eigenvalue weighted by atomic mass is 79.9. The average molecular weight is 300 g/mol. The van der Waals surface area contributed by atoms with Crippen molar-refractivity contribution in [1.82, 2.24) is 9.78 Å². The minimum atomic E-state index is 0.0846. The summed E-state index contributed by atoms with van der Waals surface area (Å²) in [5.41, 5.74) is 7.41. The SMILES string of the molecule is CCC(N)C(c1ccsc1)n1cc(Br)cn1. The van der Waals surface area contributed by atoms with E-state index in [2.05, 4.69) is 44.8 Å². The van der Waals surface area contributed by atoms with Crippen LogP contribution >= 0.6 is 27.3 Å². The van der Waals surface area contributed by atoms with Crippen molar-refractivity contribution in [2.24, 2.45) is 5.73 Å². The van der Waals surface area contributed by atoms with Gasteiger partial charge in [0.05, 0.1) is 16.7 Å². The normalized spacial score (nSPS) is 14.9. The maximum absolute atomic E-state index is 6.18. The smallest absolute Gasteiger partial charge is 0.0927 e. The van der Waals surface area contributed by atoms with E-state index in [1.54, 1.807) is 17.5 Å². The molecule has 2 atom stereocenters. The second-order valence-electron chi connectivity index (χ2n) is 3.71. The van der Waals surface area contributed by atoms with Gasteiger partial charge in [0.1, 0.15) is 0 Å². The summed E-state index contributed by atoms with van der Waals surface area (Å²) in [7, 11) is 0. The first kappa shape index (κ1) is 11.8. The van der Waals surface area contributed by atoms with Crippen molar-refractivity contribution >= 4 is 27.3 Å². The summed E-state index contributed by atoms with van der Waals surface area (Å²) < 4.78 is 2.91. The summed E-state index contributed by atoms with van der Waals surface area (Å²) in [4.78, 5) is 0. The summed E-state index contributed by atoms with van der Waals surface area (Å²) in [5.74, 6) is 0. The Labute approximate surface area is 107 Å². The van der Waals surface area contributed by atoms with E-state index in [-0.39, 0.29) is 12.1 Å². The molecule has 2 aromatic rings. The van der Waals surface area contributed by atoms with Gasteiger partial charge in [-0.1, -0.05) is 6.92 Å². The van der Waals surface area contributed by atoms with Crippen LogP contribution in [0.3, 0.4) is 0 Å². The fourth-order valence-corrected chi connectivity index (χ4v) is 2.72. The number of thiophene rings is 1. The van der Waals surface area contributed by atoms with Crippen LogP contribution in [-0.4, -0.2) is 15.8 Å². The van der Waals surface area contributed by atoms with Crippen molar-refractivity contribution in [2.75, 3.05) is 0 Å². The van der Waals surface area contributed by atoms with Gasteiger partial charge in [-0.25, -0.2) is 0 Å². The molecule has 0 spiro atoms. The number of nitrogens with zero attached hydrogens (tertiary/aromatic N) is 2. The molecule has 0 fully saturated rings. The van der Waals surface area contributed by atoms with E-state index in [4.69, 9.17) is 5.73 Å². The van der Waals surface area contributed by atoms with E-state index in [0.717, 1.165) is 10.9 Å². The quantitative estimate of drug-likeness (QED) is 0.943. The number of hydrogen-bond acceptors (Lipinski definition) is 3. The van der Waals surface area contributed by atoms with Gasteiger partial charge in [0, 0.05) is 12.2 Å². The van der Waals surface area contributed by atoms with E-state index >= 15 is 0 Å². The highest BCUT2D eigenvalue weighted by molar-refractivity contribution is 9.10. The molecule has 5 heteroatoms. The molecule has 2 unspecified atom stereocenters. The molecule has 2 rings (SSSR count). The summed E-state index contributed by atoms with van der Waals surface area (Å²) in [5, 5.41) is 8.54. The summed E-state index contributed by atoms with van der Waals surface area (Å²) in [6, 6.07) is 2.32. The van der Waals surface area contributed by atoms with Gasteiger partial charge in [-0.3, -0.25) is 4.68 Å². The van der Waals surface area contributed by atoms with Crippen molar-refractivity contribution in [2.45, 2.75) is 25.4 Å². The molecule has 2 aromatic heterocycles. The molecule has 2 N–H and O–H groups in total. The molecule has 0 aliphatic heterocycles. The highest BCUT2D eigenvalue weighted by Crippen LogP contribution is 2.25. The van der Waals surface area contributed by atoms with Crippen molar-refractivity contribution in [3.05, 3.63) is 39.3 Å². The second-order valence-corrected chi connectivity index (χ2v) is 5.41. The third-order valence-electron chi connectivity index (χ3n) is 2.62.